The number of hydrogen-bond acceptors (Lipinski definition) is 2. The predicted molar refractivity (Wildman–Crippen MR) is 74.5 cm³/mol. The molecule has 2 aromatic carbocycles. The van der Waals surface area contributed by atoms with Crippen molar-refractivity contribution in [2.24, 2.45) is 0 Å². The van der Waals surface area contributed by atoms with Crippen LogP contribution in [0.2, 0.25) is 0 Å². The quantitative estimate of drug-likeness (QED) is 0.812. The molecule has 0 spiro atoms. The highest BCUT2D eigenvalue weighted by atomic mass is 16.5. The average molecular weight is 250 g/mol. The summed E-state index contributed by atoms with van der Waals surface area (Å²) in [4.78, 5) is 11.9. The molecule has 0 saturated heterocycles. The van der Waals surface area contributed by atoms with Crippen LogP contribution in [0.15, 0.2) is 66.9 Å². The molecule has 1 unspecified atom stereocenters. The van der Waals surface area contributed by atoms with Crippen molar-refractivity contribution in [2.75, 3.05) is 0 Å². The Morgan fingerprint density at radius 1 is 0.947 bits per heavy atom. The van der Waals surface area contributed by atoms with Crippen molar-refractivity contribution in [2.45, 2.75) is 12.5 Å². The lowest BCUT2D eigenvalue weighted by molar-refractivity contribution is -0.128. The molecule has 1 heterocycles. The molecule has 2 aromatic rings. The lowest BCUT2D eigenvalue weighted by Crippen LogP contribution is -2.29. The van der Waals surface area contributed by atoms with Gasteiger partial charge in [-0.05, 0) is 24.1 Å². The summed E-state index contributed by atoms with van der Waals surface area (Å²) in [6.07, 6.45) is 2.95. The summed E-state index contributed by atoms with van der Waals surface area (Å²) in [7, 11) is 0. The van der Waals surface area contributed by atoms with Crippen molar-refractivity contribution < 1.29 is 9.53 Å². The predicted octanol–water partition coefficient (Wildman–Crippen LogP) is 3.68. The zero-order chi connectivity index (χ0) is 13.3. The molecule has 94 valence electrons. The number of benzene rings is 2. The van der Waals surface area contributed by atoms with E-state index in [9.17, 15) is 4.79 Å². The summed E-state index contributed by atoms with van der Waals surface area (Å²) < 4.78 is 5.50. The van der Waals surface area contributed by atoms with Gasteiger partial charge >= 0.3 is 0 Å². The summed E-state index contributed by atoms with van der Waals surface area (Å²) in [5.74, 6) is -0.0160. The molecule has 0 aromatic heterocycles. The van der Waals surface area contributed by atoms with Crippen molar-refractivity contribution in [3.05, 3.63) is 72.5 Å². The van der Waals surface area contributed by atoms with Crippen LogP contribution in [0.1, 0.15) is 12.5 Å². The fraction of sp³-hybridized carbons (Fsp3) is 0.118. The van der Waals surface area contributed by atoms with E-state index in [-0.39, 0.29) is 5.78 Å². The molecule has 0 amide bonds. The Labute approximate surface area is 112 Å². The third kappa shape index (κ3) is 1.95. The van der Waals surface area contributed by atoms with Crippen LogP contribution in [0, 0.1) is 0 Å². The molecule has 2 heteroatoms. The van der Waals surface area contributed by atoms with E-state index in [0.29, 0.717) is 0 Å². The largest absolute Gasteiger partial charge is 0.482 e. The molecular formula is C17H14O2. The number of hydrogen-bond donors (Lipinski definition) is 0. The van der Waals surface area contributed by atoms with Crippen LogP contribution in [-0.2, 0) is 15.1 Å². The standard InChI is InChI=1S/C17H14O2/c1-17(16(18)10-11-19-17)15-9-5-8-14(12-15)13-6-3-2-4-7-13/h2-12H,1H3. The van der Waals surface area contributed by atoms with Crippen molar-refractivity contribution in [3.63, 3.8) is 0 Å². The van der Waals surface area contributed by atoms with E-state index in [0.717, 1.165) is 16.7 Å². The zero-order valence-corrected chi connectivity index (χ0v) is 10.7. The monoisotopic (exact) mass is 250 g/mol. The van der Waals surface area contributed by atoms with Gasteiger partial charge in [-0.1, -0.05) is 48.5 Å². The first-order chi connectivity index (χ1) is 9.20. The molecule has 0 bridgehead atoms. The minimum absolute atomic E-state index is 0.0160. The van der Waals surface area contributed by atoms with Gasteiger partial charge in [0.25, 0.3) is 0 Å². The molecule has 0 N–H and O–H groups in total. The molecule has 0 fully saturated rings. The summed E-state index contributed by atoms with van der Waals surface area (Å²) >= 11 is 0. The summed E-state index contributed by atoms with van der Waals surface area (Å²) in [6, 6.07) is 18.0. The highest BCUT2D eigenvalue weighted by Crippen LogP contribution is 2.33. The van der Waals surface area contributed by atoms with Crippen LogP contribution >= 0.6 is 0 Å². The highest BCUT2D eigenvalue weighted by Gasteiger charge is 2.38. The first-order valence-corrected chi connectivity index (χ1v) is 6.25. The maximum absolute atomic E-state index is 11.9. The van der Waals surface area contributed by atoms with Crippen molar-refractivity contribution >= 4 is 5.78 Å². The van der Waals surface area contributed by atoms with E-state index < -0.39 is 5.60 Å². The second kappa shape index (κ2) is 4.39. The minimum atomic E-state index is -0.884. The van der Waals surface area contributed by atoms with E-state index in [1.165, 1.54) is 12.3 Å². The molecule has 0 aliphatic carbocycles. The van der Waals surface area contributed by atoms with Crippen LogP contribution in [0.4, 0.5) is 0 Å². The Morgan fingerprint density at radius 3 is 2.37 bits per heavy atom. The summed E-state index contributed by atoms with van der Waals surface area (Å²) in [5.41, 5.74) is 2.21. The molecule has 0 saturated carbocycles. The van der Waals surface area contributed by atoms with Gasteiger partial charge < -0.3 is 4.74 Å². The summed E-state index contributed by atoms with van der Waals surface area (Å²) in [5, 5.41) is 0. The topological polar surface area (TPSA) is 26.3 Å². The van der Waals surface area contributed by atoms with Gasteiger partial charge in [0.05, 0.1) is 6.26 Å². The van der Waals surface area contributed by atoms with Crippen LogP contribution in [0.25, 0.3) is 11.1 Å². The van der Waals surface area contributed by atoms with Gasteiger partial charge in [-0.2, -0.15) is 0 Å². The molecule has 3 rings (SSSR count). The second-order valence-corrected chi connectivity index (χ2v) is 4.76. The van der Waals surface area contributed by atoms with Crippen LogP contribution < -0.4 is 0 Å². The summed E-state index contributed by atoms with van der Waals surface area (Å²) in [6.45, 7) is 1.80. The molecule has 2 nitrogen and oxygen atoms in total. The SMILES string of the molecule is CC1(c2cccc(-c3ccccc3)c2)OC=CC1=O. The van der Waals surface area contributed by atoms with Crippen molar-refractivity contribution in [1.29, 1.82) is 0 Å². The molecule has 1 aliphatic heterocycles. The second-order valence-electron chi connectivity index (χ2n) is 4.76. The Morgan fingerprint density at radius 2 is 1.68 bits per heavy atom. The van der Waals surface area contributed by atoms with E-state index in [1.54, 1.807) is 6.92 Å². The first kappa shape index (κ1) is 11.7. The Hall–Kier alpha value is -2.35. The third-order valence-electron chi connectivity index (χ3n) is 3.51. The molecular weight excluding hydrogens is 236 g/mol. The van der Waals surface area contributed by atoms with Gasteiger partial charge in [-0.15, -0.1) is 0 Å². The molecule has 1 atom stereocenters. The normalized spacial score (nSPS) is 21.4. The number of ether oxygens (including phenoxy) is 1. The van der Waals surface area contributed by atoms with Crippen LogP contribution in [0.3, 0.4) is 0 Å². The minimum Gasteiger partial charge on any atom is -0.482 e. The maximum atomic E-state index is 11.9. The van der Waals surface area contributed by atoms with E-state index in [1.807, 2.05) is 42.5 Å². The molecule has 0 radical (unpaired) electrons. The van der Waals surface area contributed by atoms with Crippen molar-refractivity contribution in [3.8, 4) is 11.1 Å². The zero-order valence-electron chi connectivity index (χ0n) is 10.7. The van der Waals surface area contributed by atoms with Crippen LogP contribution in [-0.4, -0.2) is 5.78 Å². The van der Waals surface area contributed by atoms with Gasteiger partial charge in [-0.25, -0.2) is 0 Å². The Kier molecular flexibility index (Phi) is 2.71. The number of rotatable bonds is 2. The fourth-order valence-electron chi connectivity index (χ4n) is 2.29. The Balaban J connectivity index is 2.04. The van der Waals surface area contributed by atoms with Gasteiger partial charge in [0, 0.05) is 11.6 Å². The fourth-order valence-corrected chi connectivity index (χ4v) is 2.29. The molecule has 1 aliphatic rings. The lowest BCUT2D eigenvalue weighted by Gasteiger charge is -2.23. The van der Waals surface area contributed by atoms with E-state index in [4.69, 9.17) is 4.74 Å². The number of ketones is 1. The average Bonchev–Trinajstić information content (AvgIpc) is 2.81. The van der Waals surface area contributed by atoms with Crippen molar-refractivity contribution in [1.82, 2.24) is 0 Å². The Bertz CT molecular complexity index is 643. The maximum Gasteiger partial charge on any atom is 0.206 e. The smallest absolute Gasteiger partial charge is 0.206 e. The van der Waals surface area contributed by atoms with E-state index >= 15 is 0 Å². The van der Waals surface area contributed by atoms with Gasteiger partial charge in [0.1, 0.15) is 0 Å². The number of carbonyl (C=O) groups excluding carboxylic acids is 1. The van der Waals surface area contributed by atoms with E-state index in [2.05, 4.69) is 12.1 Å². The number of carbonyl (C=O) groups is 1. The molecule has 19 heavy (non-hydrogen) atoms. The van der Waals surface area contributed by atoms with Crippen LogP contribution in [0.5, 0.6) is 0 Å². The van der Waals surface area contributed by atoms with Gasteiger partial charge in [-0.3, -0.25) is 4.79 Å². The third-order valence-corrected chi connectivity index (χ3v) is 3.51. The van der Waals surface area contributed by atoms with Gasteiger partial charge in [0.2, 0.25) is 5.78 Å². The highest BCUT2D eigenvalue weighted by molar-refractivity contribution is 5.99. The van der Waals surface area contributed by atoms with Gasteiger partial charge in [0.15, 0.2) is 5.60 Å². The lowest BCUT2D eigenvalue weighted by atomic mass is 9.90. The first-order valence-electron chi connectivity index (χ1n) is 6.25.